The van der Waals surface area contributed by atoms with Gasteiger partial charge in [0.1, 0.15) is 11.6 Å². The van der Waals surface area contributed by atoms with Crippen LogP contribution in [0.3, 0.4) is 0 Å². The number of benzene rings is 2. The van der Waals surface area contributed by atoms with Gasteiger partial charge in [0.05, 0.1) is 5.69 Å². The number of imide groups is 1. The molecule has 2 aromatic carbocycles. The fourth-order valence-corrected chi connectivity index (χ4v) is 3.74. The molecule has 0 aromatic heterocycles. The summed E-state index contributed by atoms with van der Waals surface area (Å²) in [5.41, 5.74) is 1.19. The number of nitrogens with zero attached hydrogens (tertiary/aromatic N) is 2. The highest BCUT2D eigenvalue weighted by Gasteiger charge is 2.56. The standard InChI is InChI=1S/C17H9Cl3N2O3/c18-8-5-9(19)7-10(6-8)22-16(23)13-14(21-25-15(13)17(22)24)11-3-1-2-4-12(11)20/h1-7,13,15H/t13-,15-/m1/s1. The van der Waals surface area contributed by atoms with E-state index in [0.717, 1.165) is 4.90 Å². The van der Waals surface area contributed by atoms with Crippen LogP contribution >= 0.6 is 34.8 Å². The van der Waals surface area contributed by atoms with Crippen molar-refractivity contribution >= 4 is 58.0 Å². The summed E-state index contributed by atoms with van der Waals surface area (Å²) in [5, 5.41) is 4.99. The van der Waals surface area contributed by atoms with Crippen molar-refractivity contribution in [2.45, 2.75) is 6.10 Å². The second-order valence-corrected chi connectivity index (χ2v) is 6.88. The SMILES string of the molecule is O=C1[C@@H]2C(c3ccccc3Cl)=NO[C@H]2C(=O)N1c1cc(Cl)cc(Cl)c1. The molecule has 2 aliphatic heterocycles. The summed E-state index contributed by atoms with van der Waals surface area (Å²) in [6.07, 6.45) is -1.02. The Morgan fingerprint density at radius 1 is 0.960 bits per heavy atom. The Labute approximate surface area is 157 Å². The number of rotatable bonds is 2. The highest BCUT2D eigenvalue weighted by atomic mass is 35.5. The average molecular weight is 396 g/mol. The summed E-state index contributed by atoms with van der Waals surface area (Å²) >= 11 is 18.2. The minimum absolute atomic E-state index is 0.295. The molecule has 5 nitrogen and oxygen atoms in total. The number of anilines is 1. The van der Waals surface area contributed by atoms with E-state index in [9.17, 15) is 9.59 Å². The van der Waals surface area contributed by atoms with Gasteiger partial charge < -0.3 is 4.84 Å². The third-order valence-electron chi connectivity index (χ3n) is 4.07. The van der Waals surface area contributed by atoms with Crippen LogP contribution in [0.1, 0.15) is 5.56 Å². The molecule has 25 heavy (non-hydrogen) atoms. The van der Waals surface area contributed by atoms with Gasteiger partial charge in [-0.15, -0.1) is 0 Å². The Morgan fingerprint density at radius 2 is 1.64 bits per heavy atom. The lowest BCUT2D eigenvalue weighted by molar-refractivity contribution is -0.126. The third kappa shape index (κ3) is 2.59. The zero-order valence-corrected chi connectivity index (χ0v) is 14.7. The van der Waals surface area contributed by atoms with E-state index in [1.165, 1.54) is 18.2 Å². The van der Waals surface area contributed by atoms with Gasteiger partial charge in [-0.25, -0.2) is 4.90 Å². The Bertz CT molecular complexity index is 924. The molecular formula is C17H9Cl3N2O3. The molecule has 0 aliphatic carbocycles. The van der Waals surface area contributed by atoms with Crippen LogP contribution < -0.4 is 4.90 Å². The number of amides is 2. The van der Waals surface area contributed by atoms with E-state index in [2.05, 4.69) is 5.16 Å². The van der Waals surface area contributed by atoms with Crippen molar-refractivity contribution in [2.75, 3.05) is 4.90 Å². The maximum Gasteiger partial charge on any atom is 0.278 e. The summed E-state index contributed by atoms with van der Waals surface area (Å²) in [7, 11) is 0. The highest BCUT2D eigenvalue weighted by molar-refractivity contribution is 6.39. The second-order valence-electron chi connectivity index (χ2n) is 5.60. The normalized spacial score (nSPS) is 22.0. The van der Waals surface area contributed by atoms with E-state index < -0.39 is 23.8 Å². The first kappa shape index (κ1) is 16.4. The van der Waals surface area contributed by atoms with Crippen LogP contribution in [0.4, 0.5) is 5.69 Å². The first-order chi connectivity index (χ1) is 12.0. The van der Waals surface area contributed by atoms with E-state index >= 15 is 0 Å². The molecule has 0 radical (unpaired) electrons. The van der Waals surface area contributed by atoms with Crippen LogP contribution in [0.5, 0.6) is 0 Å². The fourth-order valence-electron chi connectivity index (χ4n) is 2.99. The van der Waals surface area contributed by atoms with Crippen LogP contribution in [0.25, 0.3) is 0 Å². The van der Waals surface area contributed by atoms with Crippen LogP contribution in [0, 0.1) is 5.92 Å². The summed E-state index contributed by atoms with van der Waals surface area (Å²) in [5.74, 6) is -1.83. The molecule has 2 atom stereocenters. The Hall–Kier alpha value is -2.08. The predicted molar refractivity (Wildman–Crippen MR) is 95.3 cm³/mol. The number of carbonyl (C=O) groups excluding carboxylic acids is 2. The Kier molecular flexibility index (Phi) is 3.95. The van der Waals surface area contributed by atoms with Gasteiger partial charge in [-0.2, -0.15) is 0 Å². The number of fused-ring (bicyclic) bond motifs is 1. The first-order valence-corrected chi connectivity index (χ1v) is 8.43. The van der Waals surface area contributed by atoms with Crippen molar-refractivity contribution in [3.05, 3.63) is 63.1 Å². The summed E-state index contributed by atoms with van der Waals surface area (Å²) in [6.45, 7) is 0. The summed E-state index contributed by atoms with van der Waals surface area (Å²) in [4.78, 5) is 31.9. The number of carbonyl (C=O) groups is 2. The zero-order valence-electron chi connectivity index (χ0n) is 12.4. The number of hydrogen-bond acceptors (Lipinski definition) is 4. The Morgan fingerprint density at radius 3 is 2.32 bits per heavy atom. The maximum atomic E-state index is 12.9. The minimum Gasteiger partial charge on any atom is -0.381 e. The topological polar surface area (TPSA) is 59.0 Å². The predicted octanol–water partition coefficient (Wildman–Crippen LogP) is 3.94. The van der Waals surface area contributed by atoms with Crippen LogP contribution in [-0.4, -0.2) is 23.6 Å². The largest absolute Gasteiger partial charge is 0.381 e. The van der Waals surface area contributed by atoms with Crippen LogP contribution in [-0.2, 0) is 14.4 Å². The van der Waals surface area contributed by atoms with Crippen LogP contribution in [0.2, 0.25) is 15.1 Å². The molecule has 8 heteroatoms. The van der Waals surface area contributed by atoms with Crippen LogP contribution in [0.15, 0.2) is 47.6 Å². The smallest absolute Gasteiger partial charge is 0.278 e. The van der Waals surface area contributed by atoms with Gasteiger partial charge in [0.2, 0.25) is 12.0 Å². The molecule has 4 rings (SSSR count). The molecule has 0 unspecified atom stereocenters. The van der Waals surface area contributed by atoms with Gasteiger partial charge in [0.25, 0.3) is 5.91 Å². The average Bonchev–Trinajstić information content (AvgIpc) is 3.08. The van der Waals surface area contributed by atoms with Crippen molar-refractivity contribution in [1.29, 1.82) is 0 Å². The molecule has 2 aliphatic rings. The molecule has 1 saturated heterocycles. The lowest BCUT2D eigenvalue weighted by Gasteiger charge is -2.16. The second kappa shape index (κ2) is 6.02. The molecule has 126 valence electrons. The van der Waals surface area contributed by atoms with Gasteiger partial charge >= 0.3 is 0 Å². The maximum absolute atomic E-state index is 12.9. The van der Waals surface area contributed by atoms with E-state index in [1.54, 1.807) is 24.3 Å². The molecule has 0 spiro atoms. The highest BCUT2D eigenvalue weighted by Crippen LogP contribution is 2.37. The molecule has 2 aromatic rings. The lowest BCUT2D eigenvalue weighted by atomic mass is 9.94. The third-order valence-corrected chi connectivity index (χ3v) is 4.83. The number of hydrogen-bond donors (Lipinski definition) is 0. The lowest BCUT2D eigenvalue weighted by Crippen LogP contribution is -2.33. The quantitative estimate of drug-likeness (QED) is 0.724. The molecule has 2 amide bonds. The number of oxime groups is 1. The van der Waals surface area contributed by atoms with Gasteiger partial charge in [0.15, 0.2) is 0 Å². The van der Waals surface area contributed by atoms with Crippen molar-refractivity contribution in [3.63, 3.8) is 0 Å². The molecule has 2 heterocycles. The van der Waals surface area contributed by atoms with Crippen molar-refractivity contribution < 1.29 is 14.4 Å². The minimum atomic E-state index is -1.02. The fraction of sp³-hybridized carbons (Fsp3) is 0.118. The molecule has 0 N–H and O–H groups in total. The molecule has 0 saturated carbocycles. The van der Waals surface area contributed by atoms with Crippen molar-refractivity contribution in [3.8, 4) is 0 Å². The Balaban J connectivity index is 1.75. The van der Waals surface area contributed by atoms with Crippen molar-refractivity contribution in [2.24, 2.45) is 11.1 Å². The van der Waals surface area contributed by atoms with Gasteiger partial charge in [-0.05, 0) is 24.3 Å². The molecule has 1 fully saturated rings. The van der Waals surface area contributed by atoms with Gasteiger partial charge in [0, 0.05) is 20.6 Å². The van der Waals surface area contributed by atoms with E-state index in [-0.39, 0.29) is 0 Å². The molecule has 0 bridgehead atoms. The summed E-state index contributed by atoms with van der Waals surface area (Å²) < 4.78 is 0. The zero-order chi connectivity index (χ0) is 17.7. The monoisotopic (exact) mass is 394 g/mol. The number of halogens is 3. The van der Waals surface area contributed by atoms with Gasteiger partial charge in [-0.1, -0.05) is 58.2 Å². The first-order valence-electron chi connectivity index (χ1n) is 7.30. The van der Waals surface area contributed by atoms with Gasteiger partial charge in [-0.3, -0.25) is 9.59 Å². The van der Waals surface area contributed by atoms with E-state index in [0.29, 0.717) is 32.0 Å². The van der Waals surface area contributed by atoms with Crippen molar-refractivity contribution in [1.82, 2.24) is 0 Å². The van der Waals surface area contributed by atoms with E-state index in [1.807, 2.05) is 0 Å². The summed E-state index contributed by atoms with van der Waals surface area (Å²) in [6, 6.07) is 11.5. The molecular weight excluding hydrogens is 387 g/mol. The van der Waals surface area contributed by atoms with E-state index in [4.69, 9.17) is 39.6 Å².